The molecule has 0 radical (unpaired) electrons. The fraction of sp³-hybridized carbons (Fsp3) is 0.455. The predicted molar refractivity (Wildman–Crippen MR) is 60.7 cm³/mol. The van der Waals surface area contributed by atoms with Crippen LogP contribution in [-0.2, 0) is 6.54 Å². The van der Waals surface area contributed by atoms with E-state index >= 15 is 0 Å². The Morgan fingerprint density at radius 1 is 1.56 bits per heavy atom. The summed E-state index contributed by atoms with van der Waals surface area (Å²) >= 11 is 0. The van der Waals surface area contributed by atoms with Crippen LogP contribution in [0.2, 0.25) is 0 Å². The molecule has 0 amide bonds. The molecule has 0 fully saturated rings. The van der Waals surface area contributed by atoms with Crippen molar-refractivity contribution in [2.24, 2.45) is 0 Å². The van der Waals surface area contributed by atoms with E-state index in [1.54, 1.807) is 0 Å². The highest BCUT2D eigenvalue weighted by molar-refractivity contribution is 5.47. The second-order valence-electron chi connectivity index (χ2n) is 3.79. The topological polar surface area (TPSA) is 66.7 Å². The van der Waals surface area contributed by atoms with E-state index in [9.17, 15) is 0 Å². The second kappa shape index (κ2) is 4.94. The molecule has 16 heavy (non-hydrogen) atoms. The minimum Gasteiger partial charge on any atom is -0.359 e. The number of hydrogen-bond donors (Lipinski definition) is 2. The monoisotopic (exact) mass is 220 g/mol. The molecule has 0 spiro atoms. The highest BCUT2D eigenvalue weighted by Crippen LogP contribution is 2.12. The van der Waals surface area contributed by atoms with Gasteiger partial charge in [0.2, 0.25) is 11.7 Å². The average molecular weight is 220 g/mol. The maximum absolute atomic E-state index is 5.14. The molecule has 0 saturated heterocycles. The van der Waals surface area contributed by atoms with Crippen LogP contribution < -0.4 is 5.32 Å². The van der Waals surface area contributed by atoms with Crippen molar-refractivity contribution in [2.45, 2.75) is 32.9 Å². The summed E-state index contributed by atoms with van der Waals surface area (Å²) < 4.78 is 5.14. The molecule has 2 aromatic rings. The van der Waals surface area contributed by atoms with Gasteiger partial charge in [-0.05, 0) is 25.5 Å². The molecule has 1 unspecified atom stereocenters. The third-order valence-corrected chi connectivity index (χ3v) is 2.52. The molecule has 2 rings (SSSR count). The van der Waals surface area contributed by atoms with E-state index in [0.29, 0.717) is 24.3 Å². The average Bonchev–Trinajstić information content (AvgIpc) is 2.95. The first kappa shape index (κ1) is 10.9. The molecule has 0 saturated carbocycles. The summed E-state index contributed by atoms with van der Waals surface area (Å²) in [7, 11) is 0. The summed E-state index contributed by atoms with van der Waals surface area (Å²) in [6.45, 7) is 4.88. The quantitative estimate of drug-likeness (QED) is 0.808. The molecule has 5 nitrogen and oxygen atoms in total. The van der Waals surface area contributed by atoms with E-state index in [1.165, 1.54) is 0 Å². The zero-order chi connectivity index (χ0) is 11.4. The summed E-state index contributed by atoms with van der Waals surface area (Å²) in [6.07, 6.45) is 2.92. The van der Waals surface area contributed by atoms with Crippen molar-refractivity contribution < 1.29 is 4.52 Å². The van der Waals surface area contributed by atoms with Crippen LogP contribution in [-0.4, -0.2) is 21.2 Å². The van der Waals surface area contributed by atoms with Gasteiger partial charge in [0.25, 0.3) is 0 Å². The van der Waals surface area contributed by atoms with Gasteiger partial charge in [-0.3, -0.25) is 0 Å². The first-order valence-corrected chi connectivity index (χ1v) is 5.49. The van der Waals surface area contributed by atoms with Gasteiger partial charge < -0.3 is 14.8 Å². The largest absolute Gasteiger partial charge is 0.359 e. The van der Waals surface area contributed by atoms with Gasteiger partial charge in [0, 0.05) is 12.2 Å². The molecule has 2 aromatic heterocycles. The van der Waals surface area contributed by atoms with E-state index in [1.807, 2.05) is 18.3 Å². The van der Waals surface area contributed by atoms with Crippen LogP contribution >= 0.6 is 0 Å². The normalized spacial score (nSPS) is 12.9. The van der Waals surface area contributed by atoms with E-state index < -0.39 is 0 Å². The van der Waals surface area contributed by atoms with Crippen LogP contribution in [0, 0.1) is 0 Å². The van der Waals surface area contributed by atoms with Crippen molar-refractivity contribution in [3.05, 3.63) is 24.2 Å². The lowest BCUT2D eigenvalue weighted by Crippen LogP contribution is -2.24. The van der Waals surface area contributed by atoms with Gasteiger partial charge in [-0.1, -0.05) is 12.1 Å². The van der Waals surface area contributed by atoms with Gasteiger partial charge in [0.1, 0.15) is 0 Å². The number of nitrogens with one attached hydrogen (secondary N) is 2. The zero-order valence-electron chi connectivity index (χ0n) is 9.53. The van der Waals surface area contributed by atoms with Gasteiger partial charge in [0.05, 0.1) is 12.2 Å². The zero-order valence-corrected chi connectivity index (χ0v) is 9.53. The Balaban J connectivity index is 1.98. The van der Waals surface area contributed by atoms with Crippen LogP contribution in [0.4, 0.5) is 0 Å². The van der Waals surface area contributed by atoms with Crippen molar-refractivity contribution in [3.8, 4) is 11.5 Å². The Hall–Kier alpha value is -1.62. The molecule has 0 aromatic carbocycles. The predicted octanol–water partition coefficient (Wildman–Crippen LogP) is 1.95. The summed E-state index contributed by atoms with van der Waals surface area (Å²) in [5.74, 6) is 1.22. The number of nitrogens with zero attached hydrogens (tertiary/aromatic N) is 2. The molecular weight excluding hydrogens is 204 g/mol. The Kier molecular flexibility index (Phi) is 3.36. The maximum Gasteiger partial charge on any atom is 0.240 e. The summed E-state index contributed by atoms with van der Waals surface area (Å²) in [4.78, 5) is 7.32. The molecule has 1 atom stereocenters. The minimum atomic E-state index is 0.459. The Labute approximate surface area is 94.3 Å². The van der Waals surface area contributed by atoms with Gasteiger partial charge in [-0.15, -0.1) is 0 Å². The summed E-state index contributed by atoms with van der Waals surface area (Å²) in [5, 5.41) is 7.21. The van der Waals surface area contributed by atoms with Gasteiger partial charge in [-0.25, -0.2) is 0 Å². The Morgan fingerprint density at radius 3 is 3.12 bits per heavy atom. The first-order valence-electron chi connectivity index (χ1n) is 5.49. The van der Waals surface area contributed by atoms with Crippen LogP contribution in [0.15, 0.2) is 22.9 Å². The standard InChI is InChI=1S/C11H16N4O/c1-3-8(2)13-7-10-14-11(15-16-10)9-5-4-6-12-9/h4-6,8,12-13H,3,7H2,1-2H3. The van der Waals surface area contributed by atoms with Gasteiger partial charge in [-0.2, -0.15) is 4.98 Å². The van der Waals surface area contributed by atoms with Crippen molar-refractivity contribution in [1.29, 1.82) is 0 Å². The number of hydrogen-bond acceptors (Lipinski definition) is 4. The number of aromatic amines is 1. The second-order valence-corrected chi connectivity index (χ2v) is 3.79. The lowest BCUT2D eigenvalue weighted by atomic mass is 10.3. The first-order chi connectivity index (χ1) is 7.79. The van der Waals surface area contributed by atoms with Crippen LogP contribution in [0.25, 0.3) is 11.5 Å². The molecule has 2 N–H and O–H groups in total. The Morgan fingerprint density at radius 2 is 2.44 bits per heavy atom. The summed E-state index contributed by atoms with van der Waals surface area (Å²) in [6, 6.07) is 4.28. The highest BCUT2D eigenvalue weighted by Gasteiger charge is 2.09. The van der Waals surface area contributed by atoms with Crippen molar-refractivity contribution in [2.75, 3.05) is 0 Å². The maximum atomic E-state index is 5.14. The molecular formula is C11H16N4O. The van der Waals surface area contributed by atoms with E-state index in [2.05, 4.69) is 34.3 Å². The fourth-order valence-electron chi connectivity index (χ4n) is 1.31. The molecule has 0 aliphatic rings. The lowest BCUT2D eigenvalue weighted by Gasteiger charge is -2.07. The Bertz CT molecular complexity index is 421. The SMILES string of the molecule is CCC(C)NCc1nc(-c2ccc[nH]2)no1. The number of H-pyrrole nitrogens is 1. The number of rotatable bonds is 5. The van der Waals surface area contributed by atoms with Crippen LogP contribution in [0.3, 0.4) is 0 Å². The molecule has 0 aliphatic heterocycles. The third kappa shape index (κ3) is 2.49. The molecule has 0 bridgehead atoms. The fourth-order valence-corrected chi connectivity index (χ4v) is 1.31. The van der Waals surface area contributed by atoms with Crippen molar-refractivity contribution in [1.82, 2.24) is 20.4 Å². The van der Waals surface area contributed by atoms with Gasteiger partial charge >= 0.3 is 0 Å². The van der Waals surface area contributed by atoms with Gasteiger partial charge in [0.15, 0.2) is 0 Å². The van der Waals surface area contributed by atoms with Crippen LogP contribution in [0.5, 0.6) is 0 Å². The third-order valence-electron chi connectivity index (χ3n) is 2.52. The summed E-state index contributed by atoms with van der Waals surface area (Å²) in [5.41, 5.74) is 0.874. The van der Waals surface area contributed by atoms with Crippen molar-refractivity contribution in [3.63, 3.8) is 0 Å². The van der Waals surface area contributed by atoms with E-state index in [4.69, 9.17) is 4.52 Å². The van der Waals surface area contributed by atoms with E-state index in [0.717, 1.165) is 12.1 Å². The highest BCUT2D eigenvalue weighted by atomic mass is 16.5. The van der Waals surface area contributed by atoms with Crippen molar-refractivity contribution >= 4 is 0 Å². The smallest absolute Gasteiger partial charge is 0.240 e. The minimum absolute atomic E-state index is 0.459. The molecule has 5 heteroatoms. The number of aromatic nitrogens is 3. The molecule has 0 aliphatic carbocycles. The van der Waals surface area contributed by atoms with E-state index in [-0.39, 0.29) is 0 Å². The molecule has 2 heterocycles. The molecule has 86 valence electrons. The van der Waals surface area contributed by atoms with Crippen LogP contribution in [0.1, 0.15) is 26.2 Å². The lowest BCUT2D eigenvalue weighted by molar-refractivity contribution is 0.358.